The Labute approximate surface area is 97.1 Å². The Balaban J connectivity index is 0.000000557. The van der Waals surface area contributed by atoms with Crippen LogP contribution in [-0.2, 0) is 0 Å². The van der Waals surface area contributed by atoms with E-state index in [1.165, 1.54) is 0 Å². The second-order valence-electron chi connectivity index (χ2n) is 2.62. The molecule has 0 amide bonds. The van der Waals surface area contributed by atoms with Crippen molar-refractivity contribution < 1.29 is 15.0 Å². The number of para-hydroxylation sites is 1. The average Bonchev–Trinajstić information content (AvgIpc) is 2.16. The molecule has 0 radical (unpaired) electrons. The molecule has 1 aromatic carbocycles. The van der Waals surface area contributed by atoms with Gasteiger partial charge < -0.3 is 27.4 Å². The maximum absolute atomic E-state index is 8.56. The molecule has 92 valence electrons. The number of carboxylic acid groups (broad SMARTS) is 2. The molecule has 8 heteroatoms. The topological polar surface area (TPSA) is 160 Å². The van der Waals surface area contributed by atoms with Gasteiger partial charge in [0.1, 0.15) is 0 Å². The third-order valence-corrected chi connectivity index (χ3v) is 1.24. The highest BCUT2D eigenvalue weighted by atomic mass is 16.6. The summed E-state index contributed by atoms with van der Waals surface area (Å²) in [5.41, 5.74) is 16.3. The van der Waals surface area contributed by atoms with Crippen LogP contribution in [0.1, 0.15) is 0 Å². The van der Waals surface area contributed by atoms with Gasteiger partial charge in [0.25, 0.3) is 0 Å². The molecule has 0 fully saturated rings. The second-order valence-corrected chi connectivity index (χ2v) is 2.62. The number of benzene rings is 1. The molecule has 0 atom stereocenters. The third kappa shape index (κ3) is 9.53. The molecule has 8 nitrogen and oxygen atoms in total. The van der Waals surface area contributed by atoms with E-state index < -0.39 is 6.16 Å². The van der Waals surface area contributed by atoms with Crippen LogP contribution in [0.2, 0.25) is 0 Å². The Morgan fingerprint density at radius 2 is 1.53 bits per heavy atom. The smallest absolute Gasteiger partial charge is 0.450 e. The van der Waals surface area contributed by atoms with Crippen molar-refractivity contribution in [2.24, 2.45) is 27.2 Å². The number of nitrogens with two attached hydrogens (primary N) is 3. The quantitative estimate of drug-likeness (QED) is 0.345. The summed E-state index contributed by atoms with van der Waals surface area (Å²) in [6.07, 6.45) is -1.83. The lowest BCUT2D eigenvalue weighted by Gasteiger charge is -1.94. The van der Waals surface area contributed by atoms with E-state index in [2.05, 4.69) is 9.98 Å². The summed E-state index contributed by atoms with van der Waals surface area (Å²) >= 11 is 0. The Kier molecular flexibility index (Phi) is 6.29. The molecule has 0 aliphatic carbocycles. The van der Waals surface area contributed by atoms with Crippen molar-refractivity contribution in [3.05, 3.63) is 30.3 Å². The highest BCUT2D eigenvalue weighted by molar-refractivity contribution is 5.93. The maximum atomic E-state index is 8.56. The van der Waals surface area contributed by atoms with Gasteiger partial charge in [-0.05, 0) is 12.1 Å². The normalized spacial score (nSPS) is 9.76. The van der Waals surface area contributed by atoms with Crippen molar-refractivity contribution in [2.45, 2.75) is 0 Å². The van der Waals surface area contributed by atoms with E-state index in [-0.39, 0.29) is 11.9 Å². The van der Waals surface area contributed by atoms with Crippen LogP contribution in [0.3, 0.4) is 0 Å². The minimum absolute atomic E-state index is 0.0474. The van der Waals surface area contributed by atoms with Crippen LogP contribution in [0.4, 0.5) is 10.5 Å². The Bertz CT molecular complexity index is 408. The van der Waals surface area contributed by atoms with Gasteiger partial charge in [0.15, 0.2) is 5.96 Å². The number of nitrogens with zero attached hydrogens (tertiary/aromatic N) is 2. The van der Waals surface area contributed by atoms with Gasteiger partial charge in [-0.15, -0.1) is 0 Å². The lowest BCUT2D eigenvalue weighted by atomic mass is 10.3. The summed E-state index contributed by atoms with van der Waals surface area (Å²) in [5, 5.41) is 13.9. The summed E-state index contributed by atoms with van der Waals surface area (Å²) in [5.74, 6) is -0.0524. The van der Waals surface area contributed by atoms with E-state index in [0.717, 1.165) is 0 Å². The fraction of sp³-hybridized carbons (Fsp3) is 0. The number of aliphatic imine (C=N–C) groups is 2. The monoisotopic (exact) mass is 239 g/mol. The first-order chi connectivity index (χ1) is 7.91. The number of rotatable bonds is 1. The zero-order chi connectivity index (χ0) is 13.3. The van der Waals surface area contributed by atoms with Crippen LogP contribution in [0.15, 0.2) is 40.3 Å². The molecule has 0 unspecified atom stereocenters. The first kappa shape index (κ1) is 14.2. The largest absolute Gasteiger partial charge is 0.503 e. The predicted molar refractivity (Wildman–Crippen MR) is 64.2 cm³/mol. The number of guanidine groups is 2. The summed E-state index contributed by atoms with van der Waals surface area (Å²) in [4.78, 5) is 16.1. The van der Waals surface area contributed by atoms with Gasteiger partial charge in [-0.2, -0.15) is 4.99 Å². The van der Waals surface area contributed by atoms with Gasteiger partial charge >= 0.3 is 6.16 Å². The Morgan fingerprint density at radius 3 is 1.94 bits per heavy atom. The van der Waals surface area contributed by atoms with E-state index in [0.29, 0.717) is 5.69 Å². The molecule has 1 rings (SSSR count). The van der Waals surface area contributed by atoms with Crippen molar-refractivity contribution in [1.82, 2.24) is 0 Å². The van der Waals surface area contributed by atoms with E-state index in [9.17, 15) is 0 Å². The first-order valence-corrected chi connectivity index (χ1v) is 4.32. The van der Waals surface area contributed by atoms with Crippen LogP contribution in [-0.4, -0.2) is 28.3 Å². The maximum Gasteiger partial charge on any atom is 0.503 e. The zero-order valence-electron chi connectivity index (χ0n) is 8.82. The molecule has 0 aliphatic heterocycles. The van der Waals surface area contributed by atoms with E-state index in [1.807, 2.05) is 18.2 Å². The number of hydrogen-bond donors (Lipinski definition) is 5. The highest BCUT2D eigenvalue weighted by Crippen LogP contribution is 2.08. The van der Waals surface area contributed by atoms with Gasteiger partial charge in [-0.3, -0.25) is 0 Å². The van der Waals surface area contributed by atoms with E-state index in [1.54, 1.807) is 12.1 Å². The molecular formula is C9H13N5O3. The fourth-order valence-electron chi connectivity index (χ4n) is 0.792. The van der Waals surface area contributed by atoms with Crippen molar-refractivity contribution >= 4 is 23.8 Å². The lowest BCUT2D eigenvalue weighted by Crippen LogP contribution is -2.26. The van der Waals surface area contributed by atoms with Gasteiger partial charge in [-0.25, -0.2) is 9.79 Å². The van der Waals surface area contributed by atoms with Crippen molar-refractivity contribution in [2.75, 3.05) is 0 Å². The highest BCUT2D eigenvalue weighted by Gasteiger charge is 1.89. The number of hydrogen-bond acceptors (Lipinski definition) is 2. The SMILES string of the molecule is NC(N)=NC(N)=Nc1ccccc1.O=C(O)O. The molecule has 1 aromatic rings. The van der Waals surface area contributed by atoms with Crippen LogP contribution < -0.4 is 17.2 Å². The molecule has 0 aromatic heterocycles. The van der Waals surface area contributed by atoms with Crippen molar-refractivity contribution in [3.8, 4) is 0 Å². The van der Waals surface area contributed by atoms with Gasteiger partial charge in [-0.1, -0.05) is 18.2 Å². The van der Waals surface area contributed by atoms with Crippen molar-refractivity contribution in [3.63, 3.8) is 0 Å². The van der Waals surface area contributed by atoms with E-state index in [4.69, 9.17) is 32.2 Å². The minimum atomic E-state index is -1.83. The fourth-order valence-corrected chi connectivity index (χ4v) is 0.792. The van der Waals surface area contributed by atoms with Crippen molar-refractivity contribution in [1.29, 1.82) is 0 Å². The molecule has 0 aliphatic rings. The standard InChI is InChI=1S/C8H11N5.CH2O3/c9-7(10)13-8(11)12-6-4-2-1-3-5-6;2-1(3)4/h1-5H,(H6,9,10,11,12,13);(H2,2,3,4). The van der Waals surface area contributed by atoms with Crippen LogP contribution in [0.5, 0.6) is 0 Å². The molecule has 0 saturated heterocycles. The molecule has 17 heavy (non-hydrogen) atoms. The van der Waals surface area contributed by atoms with E-state index >= 15 is 0 Å². The van der Waals surface area contributed by atoms with Crippen LogP contribution in [0, 0.1) is 0 Å². The lowest BCUT2D eigenvalue weighted by molar-refractivity contribution is 0.137. The van der Waals surface area contributed by atoms with Crippen LogP contribution >= 0.6 is 0 Å². The summed E-state index contributed by atoms with van der Waals surface area (Å²) in [6.45, 7) is 0. The first-order valence-electron chi connectivity index (χ1n) is 4.32. The zero-order valence-corrected chi connectivity index (χ0v) is 8.82. The number of carbonyl (C=O) groups is 1. The summed E-state index contributed by atoms with van der Waals surface area (Å²) < 4.78 is 0. The van der Waals surface area contributed by atoms with Gasteiger partial charge in [0, 0.05) is 0 Å². The predicted octanol–water partition coefficient (Wildman–Crippen LogP) is 0.129. The third-order valence-electron chi connectivity index (χ3n) is 1.24. The minimum Gasteiger partial charge on any atom is -0.450 e. The second kappa shape index (κ2) is 7.51. The molecular weight excluding hydrogens is 226 g/mol. The molecule has 0 heterocycles. The molecule has 0 saturated carbocycles. The molecule has 0 spiro atoms. The Morgan fingerprint density at radius 1 is 1.06 bits per heavy atom. The molecule has 8 N–H and O–H groups in total. The summed E-state index contributed by atoms with van der Waals surface area (Å²) in [6, 6.07) is 9.18. The summed E-state index contributed by atoms with van der Waals surface area (Å²) in [7, 11) is 0. The molecule has 0 bridgehead atoms. The van der Waals surface area contributed by atoms with Crippen LogP contribution in [0.25, 0.3) is 0 Å². The van der Waals surface area contributed by atoms with Gasteiger partial charge in [0.2, 0.25) is 5.96 Å². The Hall–Kier alpha value is -2.77. The average molecular weight is 239 g/mol. The van der Waals surface area contributed by atoms with Gasteiger partial charge in [0.05, 0.1) is 5.69 Å².